The van der Waals surface area contributed by atoms with Gasteiger partial charge in [-0.25, -0.2) is 13.2 Å². The topological polar surface area (TPSA) is 75.7 Å². The highest BCUT2D eigenvalue weighted by atomic mass is 35.5. The molecule has 2 rings (SSSR count). The largest absolute Gasteiger partial charge is 0.465 e. The minimum Gasteiger partial charge on any atom is -0.465 e. The van der Waals surface area contributed by atoms with Crippen molar-refractivity contribution in [3.63, 3.8) is 0 Å². The van der Waals surface area contributed by atoms with Gasteiger partial charge in [0.25, 0.3) is 0 Å². The zero-order valence-corrected chi connectivity index (χ0v) is 14.2. The van der Waals surface area contributed by atoms with Crippen LogP contribution < -0.4 is 5.32 Å². The number of halogens is 1. The summed E-state index contributed by atoms with van der Waals surface area (Å²) < 4.78 is 31.2. The molecule has 1 heterocycles. The normalized spacial score (nSPS) is 19.3. The first-order valence-electron chi connectivity index (χ1n) is 6.81. The number of benzene rings is 1. The molecule has 6 nitrogen and oxygen atoms in total. The Morgan fingerprint density at radius 2 is 2.18 bits per heavy atom. The number of piperazine rings is 1. The van der Waals surface area contributed by atoms with Crippen LogP contribution in [0, 0.1) is 0 Å². The average molecular weight is 349 g/mol. The van der Waals surface area contributed by atoms with E-state index in [9.17, 15) is 13.2 Å². The monoisotopic (exact) mass is 348 g/mol. The Morgan fingerprint density at radius 3 is 2.82 bits per heavy atom. The number of esters is 1. The molecule has 22 heavy (non-hydrogen) atoms. The third kappa shape index (κ3) is 4.42. The Hall–Kier alpha value is -1.15. The van der Waals surface area contributed by atoms with Crippen LogP contribution in [-0.2, 0) is 20.5 Å². The van der Waals surface area contributed by atoms with Gasteiger partial charge in [0.05, 0.1) is 18.4 Å². The van der Waals surface area contributed by atoms with E-state index in [1.807, 2.05) is 6.92 Å². The molecular formula is C14H21ClN2O4S. The van der Waals surface area contributed by atoms with E-state index in [4.69, 9.17) is 0 Å². The highest BCUT2D eigenvalue weighted by Gasteiger charge is 2.29. The van der Waals surface area contributed by atoms with Crippen molar-refractivity contribution in [3.8, 4) is 0 Å². The van der Waals surface area contributed by atoms with E-state index >= 15 is 0 Å². The van der Waals surface area contributed by atoms with Gasteiger partial charge in [-0.2, -0.15) is 4.31 Å². The summed E-state index contributed by atoms with van der Waals surface area (Å²) in [7, 11) is -2.09. The lowest BCUT2D eigenvalue weighted by atomic mass is 10.1. The lowest BCUT2D eigenvalue weighted by molar-refractivity contribution is 0.0600. The molecule has 0 aromatic heterocycles. The second-order valence-corrected chi connectivity index (χ2v) is 7.03. The number of carbonyl (C=O) groups excluding carboxylic acids is 1. The van der Waals surface area contributed by atoms with Gasteiger partial charge in [-0.1, -0.05) is 12.1 Å². The summed E-state index contributed by atoms with van der Waals surface area (Å²) in [6, 6.07) is 6.48. The molecule has 0 bridgehead atoms. The standard InChI is InChI=1S/C14H20N2O4S.ClH/c1-11-9-15-6-7-16(11)21(18,19)10-12-4-3-5-13(8-12)14(17)20-2;/h3-5,8,11,15H,6-7,9-10H2,1-2H3;1H. The van der Waals surface area contributed by atoms with Gasteiger partial charge in [-0.3, -0.25) is 0 Å². The van der Waals surface area contributed by atoms with E-state index in [1.165, 1.54) is 11.4 Å². The summed E-state index contributed by atoms with van der Waals surface area (Å²) in [5.41, 5.74) is 0.946. The molecule has 1 unspecified atom stereocenters. The van der Waals surface area contributed by atoms with Crippen LogP contribution in [0.4, 0.5) is 0 Å². The molecule has 1 aromatic rings. The third-order valence-electron chi connectivity index (χ3n) is 3.49. The van der Waals surface area contributed by atoms with Crippen LogP contribution in [0.2, 0.25) is 0 Å². The number of rotatable bonds is 4. The number of nitrogens with zero attached hydrogens (tertiary/aromatic N) is 1. The van der Waals surface area contributed by atoms with Gasteiger partial charge in [0, 0.05) is 25.7 Å². The molecule has 0 radical (unpaired) electrons. The molecule has 1 fully saturated rings. The summed E-state index contributed by atoms with van der Waals surface area (Å²) in [6.45, 7) is 3.67. The molecule has 0 spiro atoms. The molecule has 124 valence electrons. The second kappa shape index (κ2) is 7.92. The van der Waals surface area contributed by atoms with Gasteiger partial charge in [0.15, 0.2) is 0 Å². The Morgan fingerprint density at radius 1 is 1.45 bits per heavy atom. The highest BCUT2D eigenvalue weighted by Crippen LogP contribution is 2.16. The van der Waals surface area contributed by atoms with Gasteiger partial charge in [0.2, 0.25) is 10.0 Å². The molecule has 8 heteroatoms. The van der Waals surface area contributed by atoms with Crippen LogP contribution in [0.3, 0.4) is 0 Å². The third-order valence-corrected chi connectivity index (χ3v) is 5.45. The fraction of sp³-hybridized carbons (Fsp3) is 0.500. The first-order valence-corrected chi connectivity index (χ1v) is 8.42. The van der Waals surface area contributed by atoms with Crippen molar-refractivity contribution in [2.24, 2.45) is 0 Å². The van der Waals surface area contributed by atoms with Crippen molar-refractivity contribution in [1.29, 1.82) is 0 Å². The van der Waals surface area contributed by atoms with Gasteiger partial charge < -0.3 is 10.1 Å². The van der Waals surface area contributed by atoms with E-state index in [1.54, 1.807) is 24.3 Å². The van der Waals surface area contributed by atoms with Crippen LogP contribution in [0.15, 0.2) is 24.3 Å². The predicted molar refractivity (Wildman–Crippen MR) is 86.7 cm³/mol. The van der Waals surface area contributed by atoms with Crippen molar-refractivity contribution < 1.29 is 17.9 Å². The van der Waals surface area contributed by atoms with Crippen LogP contribution in [0.25, 0.3) is 0 Å². The number of hydrogen-bond donors (Lipinski definition) is 1. The molecule has 0 amide bonds. The van der Waals surface area contributed by atoms with Crippen molar-refractivity contribution in [2.75, 3.05) is 26.7 Å². The number of nitrogens with one attached hydrogen (secondary N) is 1. The van der Waals surface area contributed by atoms with E-state index < -0.39 is 16.0 Å². The van der Waals surface area contributed by atoms with Crippen molar-refractivity contribution in [3.05, 3.63) is 35.4 Å². The second-order valence-electron chi connectivity index (χ2n) is 5.11. The van der Waals surface area contributed by atoms with E-state index in [0.29, 0.717) is 30.8 Å². The quantitative estimate of drug-likeness (QED) is 0.822. The fourth-order valence-electron chi connectivity index (χ4n) is 2.44. The Balaban J connectivity index is 0.00000242. The maximum atomic E-state index is 12.5. The lowest BCUT2D eigenvalue weighted by Gasteiger charge is -2.32. The lowest BCUT2D eigenvalue weighted by Crippen LogP contribution is -2.52. The first-order chi connectivity index (χ1) is 9.94. The van der Waals surface area contributed by atoms with Gasteiger partial charge >= 0.3 is 5.97 Å². The zero-order chi connectivity index (χ0) is 15.5. The number of sulfonamides is 1. The number of hydrogen-bond acceptors (Lipinski definition) is 5. The maximum Gasteiger partial charge on any atom is 0.337 e. The predicted octanol–water partition coefficient (Wildman–Crippen LogP) is 1.02. The van der Waals surface area contributed by atoms with E-state index in [2.05, 4.69) is 10.1 Å². The fourth-order valence-corrected chi connectivity index (χ4v) is 4.19. The zero-order valence-electron chi connectivity index (χ0n) is 12.6. The summed E-state index contributed by atoms with van der Waals surface area (Å²) in [6.07, 6.45) is 0. The molecule has 0 aliphatic carbocycles. The molecule has 1 N–H and O–H groups in total. The number of carbonyl (C=O) groups is 1. The first kappa shape index (κ1) is 18.9. The Kier molecular flexibility index (Phi) is 6.80. The Labute approximate surface area is 137 Å². The number of ether oxygens (including phenoxy) is 1. The molecule has 1 atom stereocenters. The smallest absolute Gasteiger partial charge is 0.337 e. The highest BCUT2D eigenvalue weighted by molar-refractivity contribution is 7.88. The van der Waals surface area contributed by atoms with Crippen LogP contribution >= 0.6 is 12.4 Å². The van der Waals surface area contributed by atoms with Crippen molar-refractivity contribution in [1.82, 2.24) is 9.62 Å². The minimum atomic E-state index is -3.39. The summed E-state index contributed by atoms with van der Waals surface area (Å²) >= 11 is 0. The SMILES string of the molecule is COC(=O)c1cccc(CS(=O)(=O)N2CCNCC2C)c1.Cl. The van der Waals surface area contributed by atoms with E-state index in [-0.39, 0.29) is 24.2 Å². The van der Waals surface area contributed by atoms with Crippen LogP contribution in [0.5, 0.6) is 0 Å². The Bertz CT molecular complexity index is 621. The molecule has 1 aliphatic heterocycles. The summed E-state index contributed by atoms with van der Waals surface area (Å²) in [5.74, 6) is -0.577. The molecule has 1 aromatic carbocycles. The van der Waals surface area contributed by atoms with Crippen molar-refractivity contribution >= 4 is 28.4 Å². The average Bonchev–Trinajstić information content (AvgIpc) is 2.46. The molecule has 1 aliphatic rings. The van der Waals surface area contributed by atoms with Gasteiger partial charge in [-0.05, 0) is 24.6 Å². The summed E-state index contributed by atoms with van der Waals surface area (Å²) in [4.78, 5) is 11.5. The molecule has 0 saturated carbocycles. The van der Waals surface area contributed by atoms with Crippen LogP contribution in [0.1, 0.15) is 22.8 Å². The van der Waals surface area contributed by atoms with Crippen molar-refractivity contribution in [2.45, 2.75) is 18.7 Å². The number of methoxy groups -OCH3 is 1. The van der Waals surface area contributed by atoms with Gasteiger partial charge in [0.1, 0.15) is 0 Å². The summed E-state index contributed by atoms with van der Waals surface area (Å²) in [5, 5.41) is 3.16. The van der Waals surface area contributed by atoms with Gasteiger partial charge in [-0.15, -0.1) is 12.4 Å². The van der Waals surface area contributed by atoms with E-state index in [0.717, 1.165) is 0 Å². The molecular weight excluding hydrogens is 328 g/mol. The minimum absolute atomic E-state index is 0. The van der Waals surface area contributed by atoms with Crippen LogP contribution in [-0.4, -0.2) is 51.5 Å². The maximum absolute atomic E-state index is 12.5. The molecule has 1 saturated heterocycles.